The number of amides is 1. The zero-order valence-electron chi connectivity index (χ0n) is 11.1. The Labute approximate surface area is 120 Å². The summed E-state index contributed by atoms with van der Waals surface area (Å²) in [6.07, 6.45) is 1.70. The summed E-state index contributed by atoms with van der Waals surface area (Å²) in [5.74, 6) is 0.526. The van der Waals surface area contributed by atoms with Gasteiger partial charge in [0.05, 0.1) is 7.11 Å². The van der Waals surface area contributed by atoms with E-state index in [4.69, 9.17) is 10.5 Å². The summed E-state index contributed by atoms with van der Waals surface area (Å²) in [6, 6.07) is 3.67. The highest BCUT2D eigenvalue weighted by Crippen LogP contribution is 2.27. The van der Waals surface area contributed by atoms with E-state index in [1.54, 1.807) is 26.4 Å². The molecule has 0 aliphatic heterocycles. The van der Waals surface area contributed by atoms with Gasteiger partial charge in [-0.25, -0.2) is 4.98 Å². The number of methoxy groups -OCH3 is 1. The van der Waals surface area contributed by atoms with Gasteiger partial charge in [0.2, 0.25) is 5.88 Å². The summed E-state index contributed by atoms with van der Waals surface area (Å²) in [5, 5.41) is 6.31. The van der Waals surface area contributed by atoms with Crippen molar-refractivity contribution in [2.24, 2.45) is 0 Å². The number of ether oxygens (including phenoxy) is 1. The number of nitrogens with one attached hydrogen (secondary N) is 2. The number of aromatic nitrogens is 2. The highest BCUT2D eigenvalue weighted by Gasteiger charge is 2.17. The first-order chi connectivity index (χ1) is 9.65. The largest absolute Gasteiger partial charge is 0.481 e. The zero-order chi connectivity index (χ0) is 14.5. The van der Waals surface area contributed by atoms with Gasteiger partial charge < -0.3 is 21.1 Å². The van der Waals surface area contributed by atoms with E-state index in [0.29, 0.717) is 23.0 Å². The van der Waals surface area contributed by atoms with Gasteiger partial charge in [0, 0.05) is 25.9 Å². The quantitative estimate of drug-likeness (QED) is 0.763. The molecule has 7 nitrogen and oxygen atoms in total. The van der Waals surface area contributed by atoms with Crippen LogP contribution in [0, 0.1) is 0 Å². The van der Waals surface area contributed by atoms with Crippen LogP contribution in [0.15, 0.2) is 18.3 Å². The normalized spacial score (nSPS) is 10.1. The SMILES string of the molecule is CNC(=O)c1c(N)nsc1NCc1ccc(OC)nc1. The molecule has 2 rings (SSSR count). The number of rotatable bonds is 5. The number of nitrogen functional groups attached to an aromatic ring is 1. The monoisotopic (exact) mass is 293 g/mol. The minimum absolute atomic E-state index is 0.227. The van der Waals surface area contributed by atoms with Crippen molar-refractivity contribution >= 4 is 28.3 Å². The average Bonchev–Trinajstić information content (AvgIpc) is 2.86. The molecule has 2 heterocycles. The third-order valence-corrected chi connectivity index (χ3v) is 3.45. The van der Waals surface area contributed by atoms with Crippen molar-refractivity contribution < 1.29 is 9.53 Å². The van der Waals surface area contributed by atoms with E-state index in [1.807, 2.05) is 6.07 Å². The fourth-order valence-electron chi connectivity index (χ4n) is 1.59. The molecule has 20 heavy (non-hydrogen) atoms. The molecule has 0 bridgehead atoms. The van der Waals surface area contributed by atoms with Crippen molar-refractivity contribution in [2.75, 3.05) is 25.2 Å². The summed E-state index contributed by atoms with van der Waals surface area (Å²) in [7, 11) is 3.12. The van der Waals surface area contributed by atoms with Gasteiger partial charge in [-0.2, -0.15) is 4.37 Å². The summed E-state index contributed by atoms with van der Waals surface area (Å²) >= 11 is 1.15. The topological polar surface area (TPSA) is 102 Å². The standard InChI is InChI=1S/C12H15N5O2S/c1-14-11(18)9-10(13)17-20-12(9)16-6-7-3-4-8(19-2)15-5-7/h3-5,16H,6H2,1-2H3,(H2,13,17)(H,14,18). The number of nitrogens with zero attached hydrogens (tertiary/aromatic N) is 2. The predicted molar refractivity (Wildman–Crippen MR) is 78.0 cm³/mol. The van der Waals surface area contributed by atoms with Gasteiger partial charge in [0.1, 0.15) is 10.6 Å². The van der Waals surface area contributed by atoms with Gasteiger partial charge >= 0.3 is 0 Å². The van der Waals surface area contributed by atoms with E-state index in [0.717, 1.165) is 17.1 Å². The molecule has 0 aromatic carbocycles. The number of pyridine rings is 1. The molecular weight excluding hydrogens is 278 g/mol. The summed E-state index contributed by atoms with van der Waals surface area (Å²) in [5.41, 5.74) is 7.03. The van der Waals surface area contributed by atoms with Gasteiger partial charge in [0.15, 0.2) is 5.82 Å². The van der Waals surface area contributed by atoms with E-state index in [9.17, 15) is 4.79 Å². The van der Waals surface area contributed by atoms with Crippen LogP contribution in [-0.4, -0.2) is 29.4 Å². The zero-order valence-corrected chi connectivity index (χ0v) is 12.0. The second-order valence-electron chi connectivity index (χ2n) is 3.91. The van der Waals surface area contributed by atoms with E-state index < -0.39 is 0 Å². The summed E-state index contributed by atoms with van der Waals surface area (Å²) in [4.78, 5) is 15.8. The van der Waals surface area contributed by atoms with Crippen LogP contribution < -0.4 is 21.1 Å². The maximum absolute atomic E-state index is 11.7. The Bertz CT molecular complexity index is 596. The van der Waals surface area contributed by atoms with Crippen molar-refractivity contribution in [3.63, 3.8) is 0 Å². The van der Waals surface area contributed by atoms with Gasteiger partial charge in [0.25, 0.3) is 5.91 Å². The van der Waals surface area contributed by atoms with Crippen LogP contribution in [0.1, 0.15) is 15.9 Å². The van der Waals surface area contributed by atoms with Crippen LogP contribution in [0.4, 0.5) is 10.8 Å². The molecule has 0 aliphatic carbocycles. The highest BCUT2D eigenvalue weighted by atomic mass is 32.1. The number of hydrogen-bond acceptors (Lipinski definition) is 7. The molecule has 0 fully saturated rings. The number of carbonyl (C=O) groups is 1. The number of carbonyl (C=O) groups excluding carboxylic acids is 1. The number of anilines is 2. The summed E-state index contributed by atoms with van der Waals surface area (Å²) < 4.78 is 8.98. The van der Waals surface area contributed by atoms with E-state index in [1.165, 1.54) is 0 Å². The minimum atomic E-state index is -0.258. The first-order valence-electron chi connectivity index (χ1n) is 5.85. The molecule has 1 amide bonds. The molecular formula is C12H15N5O2S. The maximum Gasteiger partial charge on any atom is 0.257 e. The second kappa shape index (κ2) is 6.20. The van der Waals surface area contributed by atoms with Crippen molar-refractivity contribution in [3.8, 4) is 5.88 Å². The molecule has 0 atom stereocenters. The Hall–Kier alpha value is -2.35. The van der Waals surface area contributed by atoms with Crippen LogP contribution in [0.3, 0.4) is 0 Å². The van der Waals surface area contributed by atoms with Crippen LogP contribution in [-0.2, 0) is 6.54 Å². The van der Waals surface area contributed by atoms with Gasteiger partial charge in [-0.3, -0.25) is 4.79 Å². The van der Waals surface area contributed by atoms with Gasteiger partial charge in [-0.1, -0.05) is 6.07 Å². The molecule has 0 aliphatic rings. The van der Waals surface area contributed by atoms with Crippen molar-refractivity contribution in [3.05, 3.63) is 29.5 Å². The van der Waals surface area contributed by atoms with Crippen molar-refractivity contribution in [1.29, 1.82) is 0 Å². The average molecular weight is 293 g/mol. The van der Waals surface area contributed by atoms with Gasteiger partial charge in [-0.05, 0) is 17.1 Å². The lowest BCUT2D eigenvalue weighted by Crippen LogP contribution is -2.20. The Balaban J connectivity index is 2.08. The van der Waals surface area contributed by atoms with E-state index >= 15 is 0 Å². The van der Waals surface area contributed by atoms with Gasteiger partial charge in [-0.15, -0.1) is 0 Å². The molecule has 0 unspecified atom stereocenters. The Kier molecular flexibility index (Phi) is 4.36. The van der Waals surface area contributed by atoms with Crippen LogP contribution in [0.5, 0.6) is 5.88 Å². The number of nitrogens with two attached hydrogens (primary N) is 1. The second-order valence-corrected chi connectivity index (χ2v) is 4.69. The Morgan fingerprint density at radius 1 is 1.50 bits per heavy atom. The van der Waals surface area contributed by atoms with E-state index in [2.05, 4.69) is 20.0 Å². The predicted octanol–water partition coefficient (Wildman–Crippen LogP) is 1.10. The first kappa shape index (κ1) is 14.1. The van der Waals surface area contributed by atoms with Crippen LogP contribution >= 0.6 is 11.5 Å². The smallest absolute Gasteiger partial charge is 0.257 e. The lowest BCUT2D eigenvalue weighted by Gasteiger charge is -2.06. The van der Waals surface area contributed by atoms with Crippen molar-refractivity contribution in [1.82, 2.24) is 14.7 Å². The Morgan fingerprint density at radius 3 is 2.90 bits per heavy atom. The van der Waals surface area contributed by atoms with Crippen LogP contribution in [0.25, 0.3) is 0 Å². The molecule has 4 N–H and O–H groups in total. The fraction of sp³-hybridized carbons (Fsp3) is 0.250. The minimum Gasteiger partial charge on any atom is -0.481 e. The van der Waals surface area contributed by atoms with Crippen LogP contribution in [0.2, 0.25) is 0 Å². The highest BCUT2D eigenvalue weighted by molar-refractivity contribution is 7.11. The molecule has 106 valence electrons. The molecule has 0 radical (unpaired) electrons. The molecule has 0 saturated heterocycles. The molecule has 0 saturated carbocycles. The summed E-state index contributed by atoms with van der Waals surface area (Å²) in [6.45, 7) is 0.516. The van der Waals surface area contributed by atoms with Crippen molar-refractivity contribution in [2.45, 2.75) is 6.54 Å². The molecule has 2 aromatic heterocycles. The fourth-order valence-corrected chi connectivity index (χ4v) is 2.29. The lowest BCUT2D eigenvalue weighted by atomic mass is 10.2. The molecule has 8 heteroatoms. The molecule has 0 spiro atoms. The molecule has 2 aromatic rings. The maximum atomic E-state index is 11.7. The number of hydrogen-bond donors (Lipinski definition) is 3. The Morgan fingerprint density at radius 2 is 2.30 bits per heavy atom. The third-order valence-electron chi connectivity index (χ3n) is 2.63. The van der Waals surface area contributed by atoms with E-state index in [-0.39, 0.29) is 11.7 Å². The third kappa shape index (κ3) is 2.97. The first-order valence-corrected chi connectivity index (χ1v) is 6.63. The lowest BCUT2D eigenvalue weighted by molar-refractivity contribution is 0.0965.